The first-order valence-corrected chi connectivity index (χ1v) is 10.1. The van der Waals surface area contributed by atoms with Gasteiger partial charge in [-0.05, 0) is 62.5 Å². The Balaban J connectivity index is 1.41. The molecule has 1 aliphatic heterocycles. The van der Waals surface area contributed by atoms with Gasteiger partial charge in [0.1, 0.15) is 0 Å². The monoisotopic (exact) mass is 341 g/mol. The summed E-state index contributed by atoms with van der Waals surface area (Å²) in [5.41, 5.74) is 3.79. The minimum Gasteiger partial charge on any atom is -0.297 e. The van der Waals surface area contributed by atoms with Gasteiger partial charge in [-0.3, -0.25) is 9.88 Å². The summed E-state index contributed by atoms with van der Waals surface area (Å²) < 4.78 is 0. The van der Waals surface area contributed by atoms with Gasteiger partial charge in [-0.25, -0.2) is 4.98 Å². The summed E-state index contributed by atoms with van der Waals surface area (Å²) in [5.74, 6) is 2.54. The molecule has 1 saturated carbocycles. The molecule has 2 fully saturated rings. The maximum Gasteiger partial charge on any atom is 0.0897 e. The molecule has 2 aliphatic rings. The van der Waals surface area contributed by atoms with Crippen LogP contribution < -0.4 is 0 Å². The molecule has 2 aromatic heterocycles. The zero-order chi connectivity index (χ0) is 16.5. The zero-order valence-electron chi connectivity index (χ0n) is 14.7. The maximum absolute atomic E-state index is 4.65. The highest BCUT2D eigenvalue weighted by Gasteiger charge is 2.40. The number of likely N-dealkylation sites (tertiary alicyclic amines) is 1. The molecule has 0 spiro atoms. The quantitative estimate of drug-likeness (QED) is 0.832. The van der Waals surface area contributed by atoms with Crippen molar-refractivity contribution in [3.63, 3.8) is 0 Å². The molecular formula is C20H27N3S. The molecule has 0 amide bonds. The van der Waals surface area contributed by atoms with Gasteiger partial charge in [0.15, 0.2) is 0 Å². The molecule has 4 heteroatoms. The number of hydrogen-bond donors (Lipinski definition) is 0. The van der Waals surface area contributed by atoms with Gasteiger partial charge >= 0.3 is 0 Å². The van der Waals surface area contributed by atoms with E-state index in [2.05, 4.69) is 46.2 Å². The van der Waals surface area contributed by atoms with E-state index in [9.17, 15) is 0 Å². The Bertz CT molecular complexity index is 678. The second-order valence-corrected chi connectivity index (χ2v) is 8.76. The van der Waals surface area contributed by atoms with Crippen LogP contribution in [-0.2, 0) is 13.0 Å². The molecule has 3 heterocycles. The van der Waals surface area contributed by atoms with Crippen molar-refractivity contribution in [2.24, 2.45) is 17.8 Å². The molecule has 128 valence electrons. The molecule has 1 saturated heterocycles. The van der Waals surface area contributed by atoms with Gasteiger partial charge in [-0.1, -0.05) is 12.5 Å². The van der Waals surface area contributed by atoms with E-state index in [-0.39, 0.29) is 0 Å². The Morgan fingerprint density at radius 1 is 1.17 bits per heavy atom. The fourth-order valence-corrected chi connectivity index (χ4v) is 5.27. The molecule has 0 bridgehead atoms. The van der Waals surface area contributed by atoms with Gasteiger partial charge in [0, 0.05) is 36.9 Å². The van der Waals surface area contributed by atoms with Gasteiger partial charge in [-0.2, -0.15) is 0 Å². The second-order valence-electron chi connectivity index (χ2n) is 7.70. The number of rotatable bonds is 4. The number of aryl methyl sites for hydroxylation is 2. The Labute approximate surface area is 149 Å². The highest BCUT2D eigenvalue weighted by Crippen LogP contribution is 2.41. The molecular weight excluding hydrogens is 314 g/mol. The van der Waals surface area contributed by atoms with Crippen molar-refractivity contribution in [2.75, 3.05) is 13.1 Å². The summed E-state index contributed by atoms with van der Waals surface area (Å²) in [7, 11) is 0. The lowest BCUT2D eigenvalue weighted by atomic mass is 9.72. The normalized spacial score (nSPS) is 27.3. The van der Waals surface area contributed by atoms with E-state index in [1.807, 2.05) is 6.20 Å². The highest BCUT2D eigenvalue weighted by molar-refractivity contribution is 7.09. The van der Waals surface area contributed by atoms with Crippen molar-refractivity contribution in [1.29, 1.82) is 0 Å². The van der Waals surface area contributed by atoms with Crippen molar-refractivity contribution >= 4 is 11.3 Å². The lowest BCUT2D eigenvalue weighted by Gasteiger charge is -2.33. The van der Waals surface area contributed by atoms with Crippen molar-refractivity contribution in [1.82, 2.24) is 14.9 Å². The fraction of sp³-hybridized carbons (Fsp3) is 0.600. The smallest absolute Gasteiger partial charge is 0.0897 e. The van der Waals surface area contributed by atoms with Crippen LogP contribution in [0.25, 0.3) is 0 Å². The Hall–Kier alpha value is -1.26. The summed E-state index contributed by atoms with van der Waals surface area (Å²) in [6.07, 6.45) is 7.35. The predicted molar refractivity (Wildman–Crippen MR) is 99.1 cm³/mol. The molecule has 0 aromatic carbocycles. The van der Waals surface area contributed by atoms with E-state index in [1.165, 1.54) is 54.3 Å². The van der Waals surface area contributed by atoms with Crippen LogP contribution in [0, 0.1) is 31.6 Å². The average molecular weight is 342 g/mol. The van der Waals surface area contributed by atoms with Crippen molar-refractivity contribution in [3.05, 3.63) is 45.7 Å². The van der Waals surface area contributed by atoms with Crippen LogP contribution >= 0.6 is 11.3 Å². The van der Waals surface area contributed by atoms with Gasteiger partial charge < -0.3 is 0 Å². The van der Waals surface area contributed by atoms with E-state index in [0.29, 0.717) is 0 Å². The fourth-order valence-electron chi connectivity index (χ4n) is 4.66. The summed E-state index contributed by atoms with van der Waals surface area (Å²) in [4.78, 5) is 12.0. The minimum atomic E-state index is 0.807. The lowest BCUT2D eigenvalue weighted by molar-refractivity contribution is 0.195. The SMILES string of the molecule is Cc1ccc(C[C@H]2CCC[C@@H]3CN(Cc4csc(C)n4)C[C@H]23)nc1. The topological polar surface area (TPSA) is 29.0 Å². The number of pyridine rings is 1. The van der Waals surface area contributed by atoms with Crippen LogP contribution in [0.15, 0.2) is 23.7 Å². The number of thiazole rings is 1. The van der Waals surface area contributed by atoms with Gasteiger partial charge in [-0.15, -0.1) is 11.3 Å². The van der Waals surface area contributed by atoms with Crippen LogP contribution in [0.4, 0.5) is 0 Å². The summed E-state index contributed by atoms with van der Waals surface area (Å²) in [6.45, 7) is 7.76. The summed E-state index contributed by atoms with van der Waals surface area (Å²) >= 11 is 1.77. The van der Waals surface area contributed by atoms with Crippen molar-refractivity contribution < 1.29 is 0 Å². The van der Waals surface area contributed by atoms with E-state index in [4.69, 9.17) is 0 Å². The third-order valence-electron chi connectivity index (χ3n) is 5.82. The van der Waals surface area contributed by atoms with Crippen LogP contribution in [0.3, 0.4) is 0 Å². The predicted octanol–water partition coefficient (Wildman–Crippen LogP) is 4.25. The number of aromatic nitrogens is 2. The molecule has 3 nitrogen and oxygen atoms in total. The molecule has 0 radical (unpaired) electrons. The maximum atomic E-state index is 4.65. The third-order valence-corrected chi connectivity index (χ3v) is 6.64. The van der Waals surface area contributed by atoms with Crippen LogP contribution in [0.2, 0.25) is 0 Å². The number of nitrogens with zero attached hydrogens (tertiary/aromatic N) is 3. The first kappa shape index (κ1) is 16.2. The molecule has 2 aromatic rings. The molecule has 4 rings (SSSR count). The van der Waals surface area contributed by atoms with Crippen molar-refractivity contribution in [2.45, 2.75) is 46.1 Å². The largest absolute Gasteiger partial charge is 0.297 e. The van der Waals surface area contributed by atoms with E-state index in [0.717, 1.165) is 30.7 Å². The van der Waals surface area contributed by atoms with Crippen LogP contribution in [0.5, 0.6) is 0 Å². The first-order valence-electron chi connectivity index (χ1n) is 9.22. The van der Waals surface area contributed by atoms with Gasteiger partial charge in [0.05, 0.1) is 10.7 Å². The number of fused-ring (bicyclic) bond motifs is 1. The third kappa shape index (κ3) is 3.55. The van der Waals surface area contributed by atoms with Gasteiger partial charge in [0.2, 0.25) is 0 Å². The Morgan fingerprint density at radius 3 is 2.83 bits per heavy atom. The Kier molecular flexibility index (Phi) is 4.68. The lowest BCUT2D eigenvalue weighted by Crippen LogP contribution is -2.29. The van der Waals surface area contributed by atoms with Gasteiger partial charge in [0.25, 0.3) is 0 Å². The van der Waals surface area contributed by atoms with Crippen LogP contribution in [0.1, 0.15) is 41.2 Å². The summed E-state index contributed by atoms with van der Waals surface area (Å²) in [5, 5.41) is 3.41. The highest BCUT2D eigenvalue weighted by atomic mass is 32.1. The molecule has 1 aliphatic carbocycles. The van der Waals surface area contributed by atoms with Crippen molar-refractivity contribution in [3.8, 4) is 0 Å². The van der Waals surface area contributed by atoms with E-state index in [1.54, 1.807) is 11.3 Å². The average Bonchev–Trinajstić information content (AvgIpc) is 3.16. The zero-order valence-corrected chi connectivity index (χ0v) is 15.6. The second kappa shape index (κ2) is 6.93. The summed E-state index contributed by atoms with van der Waals surface area (Å²) in [6, 6.07) is 4.43. The first-order chi connectivity index (χ1) is 11.7. The number of hydrogen-bond acceptors (Lipinski definition) is 4. The van der Waals surface area contributed by atoms with E-state index >= 15 is 0 Å². The molecule has 24 heavy (non-hydrogen) atoms. The molecule has 3 atom stereocenters. The minimum absolute atomic E-state index is 0.807. The van der Waals surface area contributed by atoms with Crippen LogP contribution in [-0.4, -0.2) is 28.0 Å². The molecule has 0 N–H and O–H groups in total. The Morgan fingerprint density at radius 2 is 2.08 bits per heavy atom. The van der Waals surface area contributed by atoms with E-state index < -0.39 is 0 Å². The molecule has 0 unspecified atom stereocenters. The standard InChI is InChI=1S/C20H27N3S/c1-14-6-7-18(21-9-14)8-16-4-3-5-17-10-23(12-20(16)17)11-19-13-24-15(2)22-19/h6-7,9,13,16-17,20H,3-5,8,10-12H2,1-2H3/t16-,17-,20-/m1/s1.